The zero-order valence-corrected chi connectivity index (χ0v) is 19.2. The van der Waals surface area contributed by atoms with Gasteiger partial charge in [0.2, 0.25) is 5.91 Å². The van der Waals surface area contributed by atoms with E-state index in [0.717, 1.165) is 12.8 Å². The van der Waals surface area contributed by atoms with Crippen molar-refractivity contribution in [2.45, 2.75) is 19.0 Å². The molecule has 2 saturated heterocycles. The average molecular weight is 514 g/mol. The Labute approximate surface area is 204 Å². The molecule has 2 aliphatic rings. The van der Waals surface area contributed by atoms with Crippen LogP contribution in [0, 0.1) is 11.3 Å². The minimum absolute atomic E-state index is 0.0729. The summed E-state index contributed by atoms with van der Waals surface area (Å²) in [5.41, 5.74) is 0.941. The van der Waals surface area contributed by atoms with Crippen LogP contribution in [-0.4, -0.2) is 65.3 Å². The number of hydrogen-bond donors (Lipinski definition) is 2. The maximum absolute atomic E-state index is 13.1. The summed E-state index contributed by atoms with van der Waals surface area (Å²) in [4.78, 5) is 40.9. The fourth-order valence-corrected chi connectivity index (χ4v) is 4.43. The van der Waals surface area contributed by atoms with Crippen molar-refractivity contribution in [3.63, 3.8) is 0 Å². The summed E-state index contributed by atoms with van der Waals surface area (Å²) in [7, 11) is 0. The summed E-state index contributed by atoms with van der Waals surface area (Å²) in [5, 5.41) is 10.6. The first-order chi connectivity index (χ1) is 16.5. The molecule has 12 heteroatoms. The second kappa shape index (κ2) is 11.0. The van der Waals surface area contributed by atoms with Crippen molar-refractivity contribution >= 4 is 35.1 Å². The van der Waals surface area contributed by atoms with Gasteiger partial charge in [0.1, 0.15) is 0 Å². The molecule has 1 spiro atoms. The van der Waals surface area contributed by atoms with E-state index in [-0.39, 0.29) is 23.1 Å². The number of amides is 2. The zero-order valence-electron chi connectivity index (χ0n) is 18.4. The second-order valence-electron chi connectivity index (χ2n) is 8.26. The number of carboxylic acid groups (broad SMARTS) is 1. The molecule has 0 aliphatic carbocycles. The van der Waals surface area contributed by atoms with E-state index in [9.17, 15) is 22.8 Å². The number of hydrogen-bond acceptors (Lipinski definition) is 5. The van der Waals surface area contributed by atoms with Gasteiger partial charge >= 0.3 is 12.1 Å². The largest absolute Gasteiger partial charge is 0.490 e. The van der Waals surface area contributed by atoms with Crippen LogP contribution in [0.4, 0.5) is 18.9 Å². The third-order valence-corrected chi connectivity index (χ3v) is 6.22. The molecule has 1 atom stereocenters. The highest BCUT2D eigenvalue weighted by atomic mass is 35.5. The molecule has 8 nitrogen and oxygen atoms in total. The van der Waals surface area contributed by atoms with Crippen LogP contribution in [0.25, 0.3) is 0 Å². The van der Waals surface area contributed by atoms with Gasteiger partial charge in [-0.1, -0.05) is 17.7 Å². The molecule has 2 aromatic rings. The van der Waals surface area contributed by atoms with E-state index in [1.54, 1.807) is 47.6 Å². The normalized spacial score (nSPS) is 19.0. The number of anilines is 1. The Morgan fingerprint density at radius 1 is 1.17 bits per heavy atom. The highest BCUT2D eigenvalue weighted by Gasteiger charge is 2.51. The summed E-state index contributed by atoms with van der Waals surface area (Å²) >= 11 is 6.05. The number of carbonyl (C=O) groups is 3. The molecule has 0 saturated carbocycles. The van der Waals surface area contributed by atoms with E-state index in [1.807, 2.05) is 6.07 Å². The summed E-state index contributed by atoms with van der Waals surface area (Å²) in [6, 6.07) is 10.5. The molecule has 1 aromatic heterocycles. The van der Waals surface area contributed by atoms with Crippen molar-refractivity contribution in [2.75, 3.05) is 31.6 Å². The van der Waals surface area contributed by atoms with Crippen LogP contribution in [0.2, 0.25) is 5.02 Å². The molecule has 1 aromatic carbocycles. The number of carbonyl (C=O) groups excluding carboxylic acids is 2. The Morgan fingerprint density at radius 2 is 1.86 bits per heavy atom. The smallest absolute Gasteiger partial charge is 0.475 e. The number of likely N-dealkylation sites (tertiary alicyclic amines) is 1. The Morgan fingerprint density at radius 3 is 2.43 bits per heavy atom. The highest BCUT2D eigenvalue weighted by Crippen LogP contribution is 2.45. The molecule has 2 N–H and O–H groups in total. The Kier molecular flexibility index (Phi) is 8.34. The van der Waals surface area contributed by atoms with E-state index in [0.29, 0.717) is 42.6 Å². The lowest BCUT2D eigenvalue weighted by Gasteiger charge is -2.37. The Hall–Kier alpha value is -3.18. The van der Waals surface area contributed by atoms with Gasteiger partial charge in [0.15, 0.2) is 0 Å². The number of nitrogens with zero attached hydrogens (tertiary/aromatic N) is 2. The highest BCUT2D eigenvalue weighted by molar-refractivity contribution is 6.31. The van der Waals surface area contributed by atoms with Gasteiger partial charge in [-0.15, -0.1) is 0 Å². The number of benzene rings is 1. The SMILES string of the molecule is O=C(Nc1cccnc1)C1CN(C(=O)c2cccc(Cl)c2)CC12CCOCC2.O=C(O)C(F)(F)F. The molecule has 2 aliphatic heterocycles. The fourth-order valence-electron chi connectivity index (χ4n) is 4.24. The van der Waals surface area contributed by atoms with E-state index < -0.39 is 12.1 Å². The topological polar surface area (TPSA) is 109 Å². The third-order valence-electron chi connectivity index (χ3n) is 5.98. The maximum atomic E-state index is 13.1. The lowest BCUT2D eigenvalue weighted by molar-refractivity contribution is -0.192. The van der Waals surface area contributed by atoms with Gasteiger partial charge in [-0.25, -0.2) is 4.79 Å². The van der Waals surface area contributed by atoms with Gasteiger partial charge in [-0.05, 0) is 43.2 Å². The van der Waals surface area contributed by atoms with E-state index >= 15 is 0 Å². The molecule has 4 rings (SSSR count). The van der Waals surface area contributed by atoms with Crippen molar-refractivity contribution < 1.29 is 37.4 Å². The summed E-state index contributed by atoms with van der Waals surface area (Å²) in [5.74, 6) is -3.21. The predicted molar refractivity (Wildman–Crippen MR) is 120 cm³/mol. The number of rotatable bonds is 3. The van der Waals surface area contributed by atoms with E-state index in [1.165, 1.54) is 0 Å². The second-order valence-corrected chi connectivity index (χ2v) is 8.69. The lowest BCUT2D eigenvalue weighted by Crippen LogP contribution is -2.42. The van der Waals surface area contributed by atoms with Crippen LogP contribution in [0.3, 0.4) is 0 Å². The third kappa shape index (κ3) is 6.70. The minimum atomic E-state index is -5.08. The molecule has 188 valence electrons. The Balaban J connectivity index is 0.000000429. The van der Waals surface area contributed by atoms with Crippen LogP contribution in [0.1, 0.15) is 23.2 Å². The lowest BCUT2D eigenvalue weighted by atomic mass is 9.71. The summed E-state index contributed by atoms with van der Waals surface area (Å²) < 4.78 is 37.3. The number of ether oxygens (including phenoxy) is 1. The molecule has 0 bridgehead atoms. The minimum Gasteiger partial charge on any atom is -0.475 e. The van der Waals surface area contributed by atoms with Gasteiger partial charge in [0.25, 0.3) is 5.91 Å². The van der Waals surface area contributed by atoms with Crippen LogP contribution in [0.5, 0.6) is 0 Å². The van der Waals surface area contributed by atoms with E-state index in [2.05, 4.69) is 10.3 Å². The number of aliphatic carboxylic acids is 1. The van der Waals surface area contributed by atoms with Crippen molar-refractivity contribution in [3.8, 4) is 0 Å². The number of nitrogens with one attached hydrogen (secondary N) is 1. The molecule has 0 radical (unpaired) electrons. The van der Waals surface area contributed by atoms with Crippen LogP contribution >= 0.6 is 11.6 Å². The number of alkyl halides is 3. The standard InChI is InChI=1S/C21H22ClN3O3.C2HF3O2/c22-16-4-1-3-15(11-16)20(27)25-13-18(21(14-25)6-9-28-10-7-21)19(26)24-17-5-2-8-23-12-17;3-2(4,5)1(6)7/h1-5,8,11-12,18H,6-7,9-10,13-14H2,(H,24,26);(H,6,7). The number of carboxylic acids is 1. The first kappa shape index (κ1) is 26.4. The van der Waals surface area contributed by atoms with Gasteiger partial charge < -0.3 is 20.1 Å². The van der Waals surface area contributed by atoms with Gasteiger partial charge in [0.05, 0.1) is 17.8 Å². The van der Waals surface area contributed by atoms with E-state index in [4.69, 9.17) is 26.2 Å². The number of aromatic nitrogens is 1. The molecular formula is C23H23ClF3N3O5. The van der Waals surface area contributed by atoms with Crippen molar-refractivity contribution in [2.24, 2.45) is 11.3 Å². The maximum Gasteiger partial charge on any atom is 0.490 e. The van der Waals surface area contributed by atoms with Crippen LogP contribution < -0.4 is 5.32 Å². The van der Waals surface area contributed by atoms with Crippen molar-refractivity contribution in [3.05, 3.63) is 59.4 Å². The molecule has 3 heterocycles. The molecule has 2 fully saturated rings. The first-order valence-electron chi connectivity index (χ1n) is 10.7. The van der Waals surface area contributed by atoms with Gasteiger partial charge in [-0.3, -0.25) is 14.6 Å². The number of halogens is 4. The van der Waals surface area contributed by atoms with Crippen LogP contribution in [0.15, 0.2) is 48.8 Å². The quantitative estimate of drug-likeness (QED) is 0.645. The molecule has 1 unspecified atom stereocenters. The first-order valence-corrected chi connectivity index (χ1v) is 11.0. The molecule has 2 amide bonds. The van der Waals surface area contributed by atoms with Crippen molar-refractivity contribution in [1.29, 1.82) is 0 Å². The Bertz CT molecular complexity index is 1060. The van der Waals surface area contributed by atoms with Gasteiger partial charge in [-0.2, -0.15) is 13.2 Å². The fraction of sp³-hybridized carbons (Fsp3) is 0.391. The average Bonchev–Trinajstić information content (AvgIpc) is 3.18. The zero-order chi connectivity index (χ0) is 25.6. The summed E-state index contributed by atoms with van der Waals surface area (Å²) in [6.07, 6.45) is -0.274. The summed E-state index contributed by atoms with van der Waals surface area (Å²) in [6.45, 7) is 2.15. The van der Waals surface area contributed by atoms with Crippen LogP contribution in [-0.2, 0) is 14.3 Å². The van der Waals surface area contributed by atoms with Gasteiger partial charge in [0, 0.05) is 48.5 Å². The predicted octanol–water partition coefficient (Wildman–Crippen LogP) is 3.88. The molecular weight excluding hydrogens is 491 g/mol. The number of pyridine rings is 1. The van der Waals surface area contributed by atoms with Crippen molar-refractivity contribution in [1.82, 2.24) is 9.88 Å². The molecule has 35 heavy (non-hydrogen) atoms. The monoisotopic (exact) mass is 513 g/mol.